The van der Waals surface area contributed by atoms with E-state index in [0.29, 0.717) is 24.7 Å². The fourth-order valence-electron chi connectivity index (χ4n) is 3.01. The Kier molecular flexibility index (Phi) is 6.84. The van der Waals surface area contributed by atoms with Crippen molar-refractivity contribution < 1.29 is 9.53 Å². The van der Waals surface area contributed by atoms with Crippen LogP contribution in [0.15, 0.2) is 48.8 Å². The first kappa shape index (κ1) is 18.2. The Balaban J connectivity index is 1.37. The second-order valence-electron chi connectivity index (χ2n) is 6.42. The first-order valence-corrected chi connectivity index (χ1v) is 9.18. The Bertz CT molecular complexity index is 706. The second-order valence-corrected chi connectivity index (χ2v) is 6.42. The van der Waals surface area contributed by atoms with Crippen LogP contribution in [-0.4, -0.2) is 47.0 Å². The third kappa shape index (κ3) is 5.74. The number of H-pyrrole nitrogens is 1. The predicted molar refractivity (Wildman–Crippen MR) is 101 cm³/mol. The molecule has 0 aliphatic carbocycles. The lowest BCUT2D eigenvalue weighted by atomic mass is 10.1. The fourth-order valence-corrected chi connectivity index (χ4v) is 3.01. The smallest absolute Gasteiger partial charge is 0.267 e. The van der Waals surface area contributed by atoms with Gasteiger partial charge in [0.2, 0.25) is 5.88 Å². The molecule has 1 aliphatic rings. The van der Waals surface area contributed by atoms with Gasteiger partial charge in [0.25, 0.3) is 5.91 Å². The van der Waals surface area contributed by atoms with Gasteiger partial charge in [-0.25, -0.2) is 4.98 Å². The number of ether oxygens (including phenoxy) is 1. The van der Waals surface area contributed by atoms with E-state index in [9.17, 15) is 4.79 Å². The van der Waals surface area contributed by atoms with Crippen molar-refractivity contribution in [3.05, 3.63) is 60.1 Å². The van der Waals surface area contributed by atoms with Crippen LogP contribution in [0.3, 0.4) is 0 Å². The molecule has 138 valence electrons. The van der Waals surface area contributed by atoms with Crippen LogP contribution in [0.4, 0.5) is 0 Å². The van der Waals surface area contributed by atoms with Crippen molar-refractivity contribution in [2.75, 3.05) is 26.2 Å². The van der Waals surface area contributed by atoms with Gasteiger partial charge in [-0.05, 0) is 55.8 Å². The maximum absolute atomic E-state index is 11.7. The molecule has 0 aromatic carbocycles. The minimum atomic E-state index is -0.118. The molecule has 3 heterocycles. The second kappa shape index (κ2) is 9.77. The first-order chi connectivity index (χ1) is 12.8. The molecule has 6 nitrogen and oxygen atoms in total. The number of aromatic amines is 1. The summed E-state index contributed by atoms with van der Waals surface area (Å²) in [5.41, 5.74) is 1.79. The molecule has 6 heteroatoms. The normalized spacial score (nSPS) is 15.2. The average molecular weight is 354 g/mol. The Morgan fingerprint density at radius 2 is 2.15 bits per heavy atom. The highest BCUT2D eigenvalue weighted by atomic mass is 16.5. The number of hydrogen-bond acceptors (Lipinski definition) is 4. The summed E-state index contributed by atoms with van der Waals surface area (Å²) in [6, 6.07) is 7.60. The van der Waals surface area contributed by atoms with E-state index < -0.39 is 0 Å². The minimum absolute atomic E-state index is 0.118. The van der Waals surface area contributed by atoms with Crippen LogP contribution < -0.4 is 10.1 Å². The highest BCUT2D eigenvalue weighted by Gasteiger charge is 2.10. The van der Waals surface area contributed by atoms with Gasteiger partial charge in [0.15, 0.2) is 0 Å². The Morgan fingerprint density at radius 3 is 2.96 bits per heavy atom. The van der Waals surface area contributed by atoms with Crippen molar-refractivity contribution in [1.82, 2.24) is 20.2 Å². The topological polar surface area (TPSA) is 70.2 Å². The average Bonchev–Trinajstić information content (AvgIpc) is 3.20. The van der Waals surface area contributed by atoms with Crippen LogP contribution in [0.5, 0.6) is 5.88 Å². The summed E-state index contributed by atoms with van der Waals surface area (Å²) in [6.07, 6.45) is 11.2. The van der Waals surface area contributed by atoms with Gasteiger partial charge in [0.05, 0.1) is 0 Å². The fraction of sp³-hybridized carbons (Fsp3) is 0.400. The van der Waals surface area contributed by atoms with Crippen molar-refractivity contribution in [2.24, 2.45) is 0 Å². The van der Waals surface area contributed by atoms with Gasteiger partial charge in [-0.3, -0.25) is 9.69 Å². The summed E-state index contributed by atoms with van der Waals surface area (Å²) >= 11 is 0. The largest absolute Gasteiger partial charge is 0.473 e. The maximum Gasteiger partial charge on any atom is 0.267 e. The molecule has 0 saturated carbocycles. The van der Waals surface area contributed by atoms with Crippen LogP contribution in [0.2, 0.25) is 0 Å². The highest BCUT2D eigenvalue weighted by Crippen LogP contribution is 2.15. The Labute approximate surface area is 154 Å². The van der Waals surface area contributed by atoms with E-state index in [-0.39, 0.29) is 5.91 Å². The molecule has 0 spiro atoms. The highest BCUT2D eigenvalue weighted by molar-refractivity contribution is 5.92. The van der Waals surface area contributed by atoms with Gasteiger partial charge in [0, 0.05) is 31.5 Å². The maximum atomic E-state index is 11.7. The third-order valence-corrected chi connectivity index (χ3v) is 4.37. The summed E-state index contributed by atoms with van der Waals surface area (Å²) in [4.78, 5) is 21.4. The summed E-state index contributed by atoms with van der Waals surface area (Å²) in [5.74, 6) is 0.521. The number of piperidine rings is 1. The van der Waals surface area contributed by atoms with Crippen molar-refractivity contribution in [2.45, 2.75) is 25.8 Å². The molecule has 0 bridgehead atoms. The zero-order valence-corrected chi connectivity index (χ0v) is 15.0. The van der Waals surface area contributed by atoms with E-state index in [1.165, 1.54) is 37.9 Å². The molecule has 1 saturated heterocycles. The van der Waals surface area contributed by atoms with E-state index in [0.717, 1.165) is 6.54 Å². The van der Waals surface area contributed by atoms with E-state index >= 15 is 0 Å². The quantitative estimate of drug-likeness (QED) is 0.715. The van der Waals surface area contributed by atoms with Crippen molar-refractivity contribution >= 4 is 5.91 Å². The molecule has 1 aliphatic heterocycles. The lowest BCUT2D eigenvalue weighted by molar-refractivity contribution is 0.0953. The number of carbonyl (C=O) groups excluding carboxylic acids is 1. The Morgan fingerprint density at radius 1 is 1.27 bits per heavy atom. The Hall–Kier alpha value is -2.60. The zero-order valence-electron chi connectivity index (χ0n) is 15.0. The molecule has 2 N–H and O–H groups in total. The van der Waals surface area contributed by atoms with Crippen LogP contribution in [-0.2, 0) is 6.54 Å². The number of aromatic nitrogens is 2. The number of pyridine rings is 1. The van der Waals surface area contributed by atoms with Gasteiger partial charge in [0.1, 0.15) is 12.3 Å². The molecule has 0 radical (unpaired) electrons. The van der Waals surface area contributed by atoms with Crippen LogP contribution in [0.1, 0.15) is 35.3 Å². The van der Waals surface area contributed by atoms with Gasteiger partial charge >= 0.3 is 0 Å². The summed E-state index contributed by atoms with van der Waals surface area (Å²) in [7, 11) is 0. The molecule has 3 rings (SSSR count). The van der Waals surface area contributed by atoms with Gasteiger partial charge in [-0.1, -0.05) is 12.5 Å². The van der Waals surface area contributed by atoms with Crippen molar-refractivity contribution in [3.8, 4) is 5.88 Å². The molecule has 0 atom stereocenters. The number of hydrogen-bond donors (Lipinski definition) is 2. The number of rotatable bonds is 8. The van der Waals surface area contributed by atoms with Crippen LogP contribution >= 0.6 is 0 Å². The summed E-state index contributed by atoms with van der Waals surface area (Å²) in [5, 5.41) is 2.80. The minimum Gasteiger partial charge on any atom is -0.473 e. The third-order valence-electron chi connectivity index (χ3n) is 4.37. The molecule has 2 aromatic heterocycles. The number of amides is 1. The van der Waals surface area contributed by atoms with Crippen molar-refractivity contribution in [3.63, 3.8) is 0 Å². The zero-order chi connectivity index (χ0) is 18.0. The van der Waals surface area contributed by atoms with E-state index in [1.54, 1.807) is 24.5 Å². The first-order valence-electron chi connectivity index (χ1n) is 9.18. The lowest BCUT2D eigenvalue weighted by Crippen LogP contribution is -2.29. The van der Waals surface area contributed by atoms with E-state index in [4.69, 9.17) is 4.74 Å². The summed E-state index contributed by atoms with van der Waals surface area (Å²) in [6.45, 7) is 4.20. The predicted octanol–water partition coefficient (Wildman–Crippen LogP) is 2.76. The summed E-state index contributed by atoms with van der Waals surface area (Å²) < 4.78 is 5.68. The number of likely N-dealkylation sites (tertiary alicyclic amines) is 1. The van der Waals surface area contributed by atoms with E-state index in [2.05, 4.69) is 20.2 Å². The van der Waals surface area contributed by atoms with Gasteiger partial charge in [-0.15, -0.1) is 0 Å². The molecule has 26 heavy (non-hydrogen) atoms. The molecular formula is C20H26N4O2. The number of carbonyl (C=O) groups is 1. The number of nitrogens with one attached hydrogen (secondary N) is 2. The molecule has 0 unspecified atom stereocenters. The van der Waals surface area contributed by atoms with Gasteiger partial charge in [-0.2, -0.15) is 0 Å². The lowest BCUT2D eigenvalue weighted by Gasteiger charge is -2.26. The van der Waals surface area contributed by atoms with Crippen LogP contribution in [0.25, 0.3) is 0 Å². The standard InChI is InChI=1S/C20H26N4O2/c25-20(18-7-6-10-21-18)23-9-2-5-14-26-19-15-17(8-11-22-19)16-24-12-3-1-4-13-24/h2,5-8,10-11,15,21H,1,3-4,9,12-14,16H2,(H,23,25). The molecule has 1 fully saturated rings. The molecule has 2 aromatic rings. The van der Waals surface area contributed by atoms with Crippen molar-refractivity contribution in [1.29, 1.82) is 0 Å². The van der Waals surface area contributed by atoms with Gasteiger partial charge < -0.3 is 15.0 Å². The SMILES string of the molecule is O=C(NCC=CCOc1cc(CN2CCCCC2)ccn1)c1ccc[nH]1. The number of nitrogens with zero attached hydrogens (tertiary/aromatic N) is 2. The monoisotopic (exact) mass is 354 g/mol. The van der Waals surface area contributed by atoms with E-state index in [1.807, 2.05) is 24.3 Å². The molecule has 1 amide bonds. The molecular weight excluding hydrogens is 328 g/mol. The van der Waals surface area contributed by atoms with Crippen LogP contribution in [0, 0.1) is 0 Å².